The van der Waals surface area contributed by atoms with Crippen molar-refractivity contribution in [3.8, 4) is 0 Å². The van der Waals surface area contributed by atoms with Crippen LogP contribution in [0.1, 0.15) is 11.1 Å². The van der Waals surface area contributed by atoms with Crippen LogP contribution in [-0.4, -0.2) is 55.9 Å². The van der Waals surface area contributed by atoms with Gasteiger partial charge in [-0.3, -0.25) is 4.79 Å². The quantitative estimate of drug-likeness (QED) is 0.475. The van der Waals surface area contributed by atoms with E-state index < -0.39 is 39.4 Å². The molecule has 1 aliphatic rings. The van der Waals surface area contributed by atoms with Gasteiger partial charge in [-0.05, 0) is 29.8 Å². The third-order valence-corrected chi connectivity index (χ3v) is 6.94. The second kappa shape index (κ2) is 9.18. The standard InChI is InChI=1S/C21H18F6N2O3S/c22-20(23,24)16-6-8-17(9-7-16)33(31,32)29-12-10-28(11-13-29)19(30)14-18(21(25,26)27)15-4-2-1-3-5-15/h1-9,14H,10-13H2/b18-14-. The molecule has 33 heavy (non-hydrogen) atoms. The van der Waals surface area contributed by atoms with Gasteiger partial charge in [0.15, 0.2) is 0 Å². The minimum absolute atomic E-state index is 0.172. The smallest absolute Gasteiger partial charge is 0.337 e. The highest BCUT2D eigenvalue weighted by atomic mass is 32.2. The van der Waals surface area contributed by atoms with Crippen LogP contribution in [0.4, 0.5) is 26.3 Å². The first-order valence-corrected chi connectivity index (χ1v) is 11.0. The summed E-state index contributed by atoms with van der Waals surface area (Å²) < 4.78 is 105. The number of alkyl halides is 6. The number of rotatable bonds is 4. The fraction of sp³-hybridized carbons (Fsp3) is 0.286. The Bertz CT molecular complexity index is 1120. The van der Waals surface area contributed by atoms with Crippen LogP contribution in [0, 0.1) is 0 Å². The van der Waals surface area contributed by atoms with Gasteiger partial charge in [0.2, 0.25) is 15.9 Å². The molecule has 0 radical (unpaired) electrons. The van der Waals surface area contributed by atoms with E-state index in [9.17, 15) is 39.6 Å². The number of piperazine rings is 1. The number of carbonyl (C=O) groups excluding carboxylic acids is 1. The van der Waals surface area contributed by atoms with Crippen molar-refractivity contribution in [3.63, 3.8) is 0 Å². The second-order valence-electron chi connectivity index (χ2n) is 7.17. The van der Waals surface area contributed by atoms with Gasteiger partial charge in [-0.25, -0.2) is 8.42 Å². The number of amides is 1. The van der Waals surface area contributed by atoms with Crippen molar-refractivity contribution >= 4 is 21.5 Å². The molecule has 1 amide bonds. The van der Waals surface area contributed by atoms with Crippen LogP contribution >= 0.6 is 0 Å². The molecule has 2 aromatic carbocycles. The molecule has 0 spiro atoms. The van der Waals surface area contributed by atoms with Gasteiger partial charge >= 0.3 is 12.4 Å². The van der Waals surface area contributed by atoms with E-state index in [-0.39, 0.29) is 36.6 Å². The van der Waals surface area contributed by atoms with Gasteiger partial charge in [0.05, 0.1) is 16.0 Å². The predicted molar refractivity (Wildman–Crippen MR) is 107 cm³/mol. The van der Waals surface area contributed by atoms with E-state index in [4.69, 9.17) is 0 Å². The van der Waals surface area contributed by atoms with Crippen molar-refractivity contribution in [2.45, 2.75) is 17.2 Å². The SMILES string of the molecule is O=C(/C=C(/c1ccccc1)C(F)(F)F)N1CCN(S(=O)(=O)c2ccc(C(F)(F)F)cc2)CC1. The molecule has 178 valence electrons. The minimum atomic E-state index is -4.77. The van der Waals surface area contributed by atoms with Crippen LogP contribution in [0.5, 0.6) is 0 Å². The maximum absolute atomic E-state index is 13.4. The van der Waals surface area contributed by atoms with Gasteiger partial charge < -0.3 is 4.90 Å². The third-order valence-electron chi connectivity index (χ3n) is 5.03. The number of hydrogen-bond donors (Lipinski definition) is 0. The molecule has 0 unspecified atom stereocenters. The van der Waals surface area contributed by atoms with Gasteiger partial charge in [-0.15, -0.1) is 0 Å². The molecule has 1 aliphatic heterocycles. The Morgan fingerprint density at radius 3 is 1.85 bits per heavy atom. The molecule has 5 nitrogen and oxygen atoms in total. The average Bonchev–Trinajstić information content (AvgIpc) is 2.76. The number of benzene rings is 2. The summed E-state index contributed by atoms with van der Waals surface area (Å²) in [4.78, 5) is 13.2. The van der Waals surface area contributed by atoms with Crippen molar-refractivity contribution in [3.05, 3.63) is 71.8 Å². The zero-order valence-corrected chi connectivity index (χ0v) is 17.7. The van der Waals surface area contributed by atoms with Gasteiger partial charge in [-0.1, -0.05) is 30.3 Å². The fourth-order valence-corrected chi connectivity index (χ4v) is 4.70. The Morgan fingerprint density at radius 1 is 0.818 bits per heavy atom. The zero-order valence-electron chi connectivity index (χ0n) is 16.9. The van der Waals surface area contributed by atoms with E-state index in [1.54, 1.807) is 0 Å². The summed E-state index contributed by atoms with van der Waals surface area (Å²) in [6.07, 6.45) is -8.91. The number of allylic oxidation sites excluding steroid dienone is 1. The Kier molecular flexibility index (Phi) is 6.89. The maximum Gasteiger partial charge on any atom is 0.417 e. The largest absolute Gasteiger partial charge is 0.417 e. The summed E-state index contributed by atoms with van der Waals surface area (Å²) in [6, 6.07) is 9.79. The monoisotopic (exact) mass is 492 g/mol. The minimum Gasteiger partial charge on any atom is -0.337 e. The average molecular weight is 492 g/mol. The molecule has 1 saturated heterocycles. The first-order valence-electron chi connectivity index (χ1n) is 9.61. The summed E-state index contributed by atoms with van der Waals surface area (Å²) >= 11 is 0. The highest BCUT2D eigenvalue weighted by Crippen LogP contribution is 2.34. The first-order chi connectivity index (χ1) is 15.3. The van der Waals surface area contributed by atoms with Crippen molar-refractivity contribution in [1.29, 1.82) is 0 Å². The lowest BCUT2D eigenvalue weighted by Crippen LogP contribution is -2.50. The number of halogens is 6. The molecular weight excluding hydrogens is 474 g/mol. The lowest BCUT2D eigenvalue weighted by molar-refractivity contribution is -0.137. The zero-order chi connectivity index (χ0) is 24.4. The maximum atomic E-state index is 13.4. The predicted octanol–water partition coefficient (Wildman–Crippen LogP) is 4.18. The molecule has 0 aromatic heterocycles. The highest BCUT2D eigenvalue weighted by molar-refractivity contribution is 7.89. The number of nitrogens with zero attached hydrogens (tertiary/aromatic N) is 2. The van der Waals surface area contributed by atoms with Crippen LogP contribution in [0.25, 0.3) is 5.57 Å². The molecule has 0 bridgehead atoms. The van der Waals surface area contributed by atoms with Crippen molar-refractivity contribution in [1.82, 2.24) is 9.21 Å². The molecule has 1 fully saturated rings. The van der Waals surface area contributed by atoms with E-state index in [0.717, 1.165) is 21.3 Å². The summed E-state index contributed by atoms with van der Waals surface area (Å²) in [6.45, 7) is -0.768. The van der Waals surface area contributed by atoms with Crippen molar-refractivity contribution in [2.75, 3.05) is 26.2 Å². The van der Waals surface area contributed by atoms with E-state index in [1.165, 1.54) is 30.3 Å². The number of sulfonamides is 1. The summed E-state index contributed by atoms with van der Waals surface area (Å²) in [5, 5.41) is 0. The molecule has 3 rings (SSSR count). The van der Waals surface area contributed by atoms with Gasteiger partial charge in [-0.2, -0.15) is 30.6 Å². The molecular formula is C21H18F6N2O3S. The van der Waals surface area contributed by atoms with Crippen molar-refractivity contribution in [2.24, 2.45) is 0 Å². The normalized spacial score (nSPS) is 16.7. The molecule has 0 N–H and O–H groups in total. The molecule has 12 heteroatoms. The van der Waals surface area contributed by atoms with Gasteiger partial charge in [0.25, 0.3) is 0 Å². The summed E-state index contributed by atoms with van der Waals surface area (Å²) in [5.41, 5.74) is -2.29. The van der Waals surface area contributed by atoms with Crippen LogP contribution in [-0.2, 0) is 21.0 Å². The number of hydrogen-bond acceptors (Lipinski definition) is 3. The Hall–Kier alpha value is -2.86. The highest BCUT2D eigenvalue weighted by Gasteiger charge is 2.37. The van der Waals surface area contributed by atoms with Gasteiger partial charge in [0, 0.05) is 32.3 Å². The molecule has 0 saturated carbocycles. The Labute approximate surface area is 186 Å². The van der Waals surface area contributed by atoms with E-state index >= 15 is 0 Å². The second-order valence-corrected chi connectivity index (χ2v) is 9.11. The van der Waals surface area contributed by atoms with Crippen LogP contribution in [0.2, 0.25) is 0 Å². The van der Waals surface area contributed by atoms with Gasteiger partial charge in [0.1, 0.15) is 0 Å². The summed E-state index contributed by atoms with van der Waals surface area (Å²) in [7, 11) is -4.13. The van der Waals surface area contributed by atoms with Crippen LogP contribution in [0.15, 0.2) is 65.6 Å². The molecule has 2 aromatic rings. The first kappa shape index (κ1) is 24.8. The van der Waals surface area contributed by atoms with E-state index in [0.29, 0.717) is 18.2 Å². The molecule has 0 aliphatic carbocycles. The molecule has 0 atom stereocenters. The Morgan fingerprint density at radius 2 is 1.36 bits per heavy atom. The third kappa shape index (κ3) is 5.74. The Balaban J connectivity index is 1.72. The van der Waals surface area contributed by atoms with Crippen LogP contribution < -0.4 is 0 Å². The molecule has 1 heterocycles. The number of carbonyl (C=O) groups is 1. The lowest BCUT2D eigenvalue weighted by atomic mass is 10.0. The van der Waals surface area contributed by atoms with E-state index in [1.807, 2.05) is 0 Å². The topological polar surface area (TPSA) is 57.7 Å². The van der Waals surface area contributed by atoms with E-state index in [2.05, 4.69) is 0 Å². The van der Waals surface area contributed by atoms with Crippen LogP contribution in [0.3, 0.4) is 0 Å². The fourth-order valence-electron chi connectivity index (χ4n) is 3.28. The van der Waals surface area contributed by atoms with Crippen molar-refractivity contribution < 1.29 is 39.6 Å². The lowest BCUT2D eigenvalue weighted by Gasteiger charge is -2.33. The summed E-state index contributed by atoms with van der Waals surface area (Å²) in [5.74, 6) is -0.919.